The number of unbranched alkanes of at least 4 members (excludes halogenated alkanes) is 5. The Kier molecular flexibility index (Phi) is 6.48. The largest absolute Gasteiger partial charge is 0.323 e. The summed E-state index contributed by atoms with van der Waals surface area (Å²) in [6.45, 7) is 2.25. The second-order valence-corrected chi connectivity index (χ2v) is 5.68. The first kappa shape index (κ1) is 15.8. The SMILES string of the molecule is CCCCCCCCC(N)c1ccn(-c2ccccc2)n1. The Morgan fingerprint density at radius 3 is 2.48 bits per heavy atom. The molecule has 1 aromatic heterocycles. The highest BCUT2D eigenvalue weighted by Crippen LogP contribution is 2.17. The summed E-state index contributed by atoms with van der Waals surface area (Å²) in [6.07, 6.45) is 10.8. The van der Waals surface area contributed by atoms with E-state index in [1.165, 1.54) is 38.5 Å². The third kappa shape index (κ3) is 5.01. The molecule has 1 atom stereocenters. The maximum absolute atomic E-state index is 6.25. The standard InChI is InChI=1S/C18H27N3/c1-2-3-4-5-6-10-13-17(19)18-14-15-21(20-18)16-11-8-7-9-12-16/h7-9,11-12,14-15,17H,2-6,10,13,19H2,1H3. The average molecular weight is 285 g/mol. The van der Waals surface area contributed by atoms with Crippen LogP contribution in [-0.2, 0) is 0 Å². The highest BCUT2D eigenvalue weighted by Gasteiger charge is 2.09. The van der Waals surface area contributed by atoms with Gasteiger partial charge < -0.3 is 5.73 Å². The predicted molar refractivity (Wildman–Crippen MR) is 88.5 cm³/mol. The van der Waals surface area contributed by atoms with E-state index in [1.807, 2.05) is 35.1 Å². The van der Waals surface area contributed by atoms with Crippen molar-refractivity contribution in [2.45, 2.75) is 57.9 Å². The van der Waals surface area contributed by atoms with Gasteiger partial charge in [-0.25, -0.2) is 4.68 Å². The fraction of sp³-hybridized carbons (Fsp3) is 0.500. The van der Waals surface area contributed by atoms with Gasteiger partial charge in [0.2, 0.25) is 0 Å². The molecule has 0 aliphatic carbocycles. The second-order valence-electron chi connectivity index (χ2n) is 5.68. The summed E-state index contributed by atoms with van der Waals surface area (Å²) in [6, 6.07) is 12.2. The Morgan fingerprint density at radius 1 is 1.00 bits per heavy atom. The molecule has 3 nitrogen and oxygen atoms in total. The van der Waals surface area contributed by atoms with Gasteiger partial charge in [-0.3, -0.25) is 0 Å². The molecule has 1 unspecified atom stereocenters. The summed E-state index contributed by atoms with van der Waals surface area (Å²) in [5.74, 6) is 0. The van der Waals surface area contributed by atoms with E-state index in [4.69, 9.17) is 5.73 Å². The molecule has 0 bridgehead atoms. The van der Waals surface area contributed by atoms with Gasteiger partial charge in [0.15, 0.2) is 0 Å². The Labute approximate surface area is 128 Å². The number of nitrogens with two attached hydrogens (primary N) is 1. The number of hydrogen-bond acceptors (Lipinski definition) is 2. The first-order valence-corrected chi connectivity index (χ1v) is 8.18. The summed E-state index contributed by atoms with van der Waals surface area (Å²) in [7, 11) is 0. The van der Waals surface area contributed by atoms with Crippen LogP contribution in [-0.4, -0.2) is 9.78 Å². The van der Waals surface area contributed by atoms with Crippen molar-refractivity contribution >= 4 is 0 Å². The lowest BCUT2D eigenvalue weighted by Gasteiger charge is -2.08. The van der Waals surface area contributed by atoms with Gasteiger partial charge in [-0.1, -0.05) is 63.6 Å². The minimum atomic E-state index is 0.0566. The van der Waals surface area contributed by atoms with Gasteiger partial charge in [0.05, 0.1) is 11.4 Å². The minimum absolute atomic E-state index is 0.0566. The third-order valence-corrected chi connectivity index (χ3v) is 3.88. The molecule has 1 heterocycles. The summed E-state index contributed by atoms with van der Waals surface area (Å²) < 4.78 is 1.90. The molecule has 2 aromatic rings. The van der Waals surface area contributed by atoms with Crippen LogP contribution >= 0.6 is 0 Å². The number of hydrogen-bond donors (Lipinski definition) is 1. The van der Waals surface area contributed by atoms with Crippen LogP contribution in [0.1, 0.15) is 63.6 Å². The van der Waals surface area contributed by atoms with Crippen LogP contribution in [0.25, 0.3) is 5.69 Å². The molecular formula is C18H27N3. The molecule has 0 radical (unpaired) electrons. The van der Waals surface area contributed by atoms with E-state index in [-0.39, 0.29) is 6.04 Å². The fourth-order valence-electron chi connectivity index (χ4n) is 2.55. The Hall–Kier alpha value is -1.61. The van der Waals surface area contributed by atoms with Crippen molar-refractivity contribution in [3.63, 3.8) is 0 Å². The molecule has 0 spiro atoms. The topological polar surface area (TPSA) is 43.8 Å². The fourth-order valence-corrected chi connectivity index (χ4v) is 2.55. The molecule has 21 heavy (non-hydrogen) atoms. The lowest BCUT2D eigenvalue weighted by atomic mass is 10.0. The van der Waals surface area contributed by atoms with Crippen LogP contribution in [0.5, 0.6) is 0 Å². The van der Waals surface area contributed by atoms with Gasteiger partial charge in [0, 0.05) is 12.2 Å². The van der Waals surface area contributed by atoms with E-state index in [2.05, 4.69) is 24.2 Å². The molecule has 1 aromatic carbocycles. The summed E-state index contributed by atoms with van der Waals surface area (Å²) in [5, 5.41) is 4.60. The van der Waals surface area contributed by atoms with Crippen molar-refractivity contribution in [3.05, 3.63) is 48.3 Å². The van der Waals surface area contributed by atoms with E-state index >= 15 is 0 Å². The van der Waals surface area contributed by atoms with E-state index in [0.29, 0.717) is 0 Å². The maximum atomic E-state index is 6.25. The van der Waals surface area contributed by atoms with Crippen molar-refractivity contribution in [2.75, 3.05) is 0 Å². The van der Waals surface area contributed by atoms with Crippen molar-refractivity contribution in [1.29, 1.82) is 0 Å². The zero-order valence-electron chi connectivity index (χ0n) is 13.0. The molecule has 2 rings (SSSR count). The quantitative estimate of drug-likeness (QED) is 0.683. The molecule has 2 N–H and O–H groups in total. The van der Waals surface area contributed by atoms with Crippen molar-refractivity contribution < 1.29 is 0 Å². The predicted octanol–water partition coefficient (Wildman–Crippen LogP) is 4.62. The first-order valence-electron chi connectivity index (χ1n) is 8.18. The zero-order chi connectivity index (χ0) is 14.9. The molecule has 0 saturated carbocycles. The number of aromatic nitrogens is 2. The number of para-hydroxylation sites is 1. The maximum Gasteiger partial charge on any atom is 0.0796 e. The van der Waals surface area contributed by atoms with Crippen LogP contribution < -0.4 is 5.73 Å². The number of rotatable bonds is 9. The van der Waals surface area contributed by atoms with E-state index in [1.54, 1.807) is 0 Å². The average Bonchev–Trinajstić information content (AvgIpc) is 3.01. The van der Waals surface area contributed by atoms with Crippen LogP contribution in [0.15, 0.2) is 42.6 Å². The van der Waals surface area contributed by atoms with Crippen molar-refractivity contribution in [2.24, 2.45) is 5.73 Å². The van der Waals surface area contributed by atoms with Gasteiger partial charge in [-0.2, -0.15) is 5.10 Å². The van der Waals surface area contributed by atoms with Crippen LogP contribution in [0.2, 0.25) is 0 Å². The highest BCUT2D eigenvalue weighted by atomic mass is 15.3. The smallest absolute Gasteiger partial charge is 0.0796 e. The first-order chi connectivity index (χ1) is 10.3. The molecular weight excluding hydrogens is 258 g/mol. The van der Waals surface area contributed by atoms with Gasteiger partial charge in [-0.15, -0.1) is 0 Å². The van der Waals surface area contributed by atoms with Gasteiger partial charge in [0.1, 0.15) is 0 Å². The van der Waals surface area contributed by atoms with Gasteiger partial charge >= 0.3 is 0 Å². The molecule has 0 amide bonds. The normalized spacial score (nSPS) is 12.5. The second kappa shape index (κ2) is 8.63. The lowest BCUT2D eigenvalue weighted by molar-refractivity contribution is 0.538. The Balaban J connectivity index is 1.78. The molecule has 0 saturated heterocycles. The van der Waals surface area contributed by atoms with Crippen LogP contribution in [0.3, 0.4) is 0 Å². The summed E-state index contributed by atoms with van der Waals surface area (Å²) in [5.41, 5.74) is 8.32. The van der Waals surface area contributed by atoms with E-state index in [9.17, 15) is 0 Å². The van der Waals surface area contributed by atoms with Gasteiger partial charge in [-0.05, 0) is 24.6 Å². The molecule has 3 heteroatoms. The third-order valence-electron chi connectivity index (χ3n) is 3.88. The highest BCUT2D eigenvalue weighted by molar-refractivity contribution is 5.30. The van der Waals surface area contributed by atoms with Gasteiger partial charge in [0.25, 0.3) is 0 Å². The molecule has 0 fully saturated rings. The van der Waals surface area contributed by atoms with Crippen LogP contribution in [0.4, 0.5) is 0 Å². The van der Waals surface area contributed by atoms with Crippen molar-refractivity contribution in [3.8, 4) is 5.69 Å². The zero-order valence-corrected chi connectivity index (χ0v) is 13.0. The number of benzene rings is 1. The lowest BCUT2D eigenvalue weighted by Crippen LogP contribution is -2.11. The summed E-state index contributed by atoms with van der Waals surface area (Å²) >= 11 is 0. The molecule has 114 valence electrons. The summed E-state index contributed by atoms with van der Waals surface area (Å²) in [4.78, 5) is 0. The van der Waals surface area contributed by atoms with Crippen molar-refractivity contribution in [1.82, 2.24) is 9.78 Å². The van der Waals surface area contributed by atoms with E-state index < -0.39 is 0 Å². The monoisotopic (exact) mass is 285 g/mol. The number of nitrogens with zero attached hydrogens (tertiary/aromatic N) is 2. The Bertz CT molecular complexity index is 504. The Morgan fingerprint density at radius 2 is 1.71 bits per heavy atom. The molecule has 0 aliphatic heterocycles. The van der Waals surface area contributed by atoms with E-state index in [0.717, 1.165) is 17.8 Å². The minimum Gasteiger partial charge on any atom is -0.323 e. The molecule has 0 aliphatic rings. The van der Waals surface area contributed by atoms with Crippen LogP contribution in [0, 0.1) is 0 Å².